The summed E-state index contributed by atoms with van der Waals surface area (Å²) >= 11 is 0. The van der Waals surface area contributed by atoms with Crippen LogP contribution in [0.3, 0.4) is 0 Å². The van der Waals surface area contributed by atoms with Gasteiger partial charge in [-0.25, -0.2) is 0 Å². The zero-order valence-corrected chi connectivity index (χ0v) is 9.47. The van der Waals surface area contributed by atoms with E-state index in [9.17, 15) is 4.79 Å². The topological polar surface area (TPSA) is 65.5 Å². The first-order valence-corrected chi connectivity index (χ1v) is 5.50. The molecule has 0 aromatic rings. The molecule has 0 bridgehead atoms. The van der Waals surface area contributed by atoms with Gasteiger partial charge in [0.15, 0.2) is 5.96 Å². The van der Waals surface area contributed by atoms with Crippen molar-refractivity contribution in [3.63, 3.8) is 0 Å². The van der Waals surface area contributed by atoms with E-state index in [1.54, 1.807) is 0 Å². The maximum absolute atomic E-state index is 11.3. The first kappa shape index (κ1) is 11.8. The second-order valence-corrected chi connectivity index (χ2v) is 3.94. The summed E-state index contributed by atoms with van der Waals surface area (Å²) in [7, 11) is 0. The van der Waals surface area contributed by atoms with Crippen LogP contribution in [0.15, 0.2) is 4.99 Å². The highest BCUT2D eigenvalue weighted by molar-refractivity contribution is 5.86. The molecule has 0 unspecified atom stereocenters. The summed E-state index contributed by atoms with van der Waals surface area (Å²) < 4.78 is 0. The highest BCUT2D eigenvalue weighted by Gasteiger charge is 2.06. The summed E-state index contributed by atoms with van der Waals surface area (Å²) in [6.07, 6.45) is 2.24. The van der Waals surface area contributed by atoms with E-state index in [1.807, 2.05) is 13.8 Å². The summed E-state index contributed by atoms with van der Waals surface area (Å²) in [5.41, 5.74) is 0. The van der Waals surface area contributed by atoms with E-state index in [0.29, 0.717) is 0 Å². The molecule has 5 nitrogen and oxygen atoms in total. The molecule has 0 atom stereocenters. The highest BCUT2D eigenvalue weighted by atomic mass is 16.1. The average molecular weight is 212 g/mol. The van der Waals surface area contributed by atoms with Crippen molar-refractivity contribution in [2.24, 2.45) is 4.99 Å². The van der Waals surface area contributed by atoms with E-state index in [1.165, 1.54) is 0 Å². The number of nitrogens with zero attached hydrogens (tertiary/aromatic N) is 1. The third-order valence-electron chi connectivity index (χ3n) is 2.01. The number of amides is 1. The van der Waals surface area contributed by atoms with Gasteiger partial charge in [0, 0.05) is 19.1 Å². The van der Waals surface area contributed by atoms with Gasteiger partial charge in [-0.1, -0.05) is 0 Å². The third kappa shape index (κ3) is 5.24. The van der Waals surface area contributed by atoms with Crippen LogP contribution >= 0.6 is 0 Å². The van der Waals surface area contributed by atoms with Crippen LogP contribution in [0.4, 0.5) is 0 Å². The number of nitrogens with one attached hydrogen (secondary N) is 3. The van der Waals surface area contributed by atoms with Gasteiger partial charge in [-0.05, 0) is 26.7 Å². The molecule has 1 aliphatic rings. The number of aliphatic imine (C=N–C) groups is 1. The lowest BCUT2D eigenvalue weighted by Crippen LogP contribution is -2.44. The van der Waals surface area contributed by atoms with Crippen molar-refractivity contribution in [2.75, 3.05) is 19.6 Å². The third-order valence-corrected chi connectivity index (χ3v) is 2.01. The number of rotatable bonds is 3. The molecule has 1 rings (SSSR count). The Labute approximate surface area is 90.7 Å². The number of hydrogen-bond acceptors (Lipinski definition) is 4. The second kappa shape index (κ2) is 6.27. The normalized spacial score (nSPS) is 16.3. The van der Waals surface area contributed by atoms with Crippen LogP contribution in [0.2, 0.25) is 0 Å². The van der Waals surface area contributed by atoms with E-state index in [2.05, 4.69) is 20.9 Å². The van der Waals surface area contributed by atoms with Gasteiger partial charge in [-0.3, -0.25) is 9.79 Å². The molecule has 1 heterocycles. The van der Waals surface area contributed by atoms with E-state index < -0.39 is 0 Å². The summed E-state index contributed by atoms with van der Waals surface area (Å²) in [5, 5.41) is 8.96. The zero-order chi connectivity index (χ0) is 11.1. The maximum Gasteiger partial charge on any atom is 0.239 e. The predicted molar refractivity (Wildman–Crippen MR) is 60.8 cm³/mol. The van der Waals surface area contributed by atoms with Gasteiger partial charge in [0.05, 0.1) is 6.54 Å². The molecule has 15 heavy (non-hydrogen) atoms. The van der Waals surface area contributed by atoms with Crippen molar-refractivity contribution in [1.29, 1.82) is 0 Å². The Kier molecular flexibility index (Phi) is 4.93. The van der Waals surface area contributed by atoms with Crippen molar-refractivity contribution in [2.45, 2.75) is 32.7 Å². The SMILES string of the molecule is CC(C)NC(=O)CNC1=NCCCCN1. The van der Waals surface area contributed by atoms with Crippen LogP contribution in [-0.4, -0.2) is 37.5 Å². The summed E-state index contributed by atoms with van der Waals surface area (Å²) in [6, 6.07) is 0.184. The Hall–Kier alpha value is -1.26. The molecule has 86 valence electrons. The van der Waals surface area contributed by atoms with Gasteiger partial charge in [0.25, 0.3) is 0 Å². The molecule has 1 aliphatic heterocycles. The lowest BCUT2D eigenvalue weighted by Gasteiger charge is -2.11. The molecule has 0 saturated carbocycles. The minimum Gasteiger partial charge on any atom is -0.356 e. The lowest BCUT2D eigenvalue weighted by molar-refractivity contribution is -0.120. The molecule has 0 saturated heterocycles. The lowest BCUT2D eigenvalue weighted by atomic mass is 10.3. The molecule has 0 aliphatic carbocycles. The van der Waals surface area contributed by atoms with Crippen molar-refractivity contribution < 1.29 is 4.79 Å². The van der Waals surface area contributed by atoms with Crippen molar-refractivity contribution in [3.8, 4) is 0 Å². The fourth-order valence-corrected chi connectivity index (χ4v) is 1.35. The fourth-order valence-electron chi connectivity index (χ4n) is 1.35. The minimum atomic E-state index is -0.00116. The molecular formula is C10H20N4O. The molecule has 0 spiro atoms. The van der Waals surface area contributed by atoms with E-state index in [-0.39, 0.29) is 18.5 Å². The number of guanidine groups is 1. The molecule has 0 fully saturated rings. The number of carbonyl (C=O) groups is 1. The molecule has 3 N–H and O–H groups in total. The van der Waals surface area contributed by atoms with Gasteiger partial charge in [-0.15, -0.1) is 0 Å². The zero-order valence-electron chi connectivity index (χ0n) is 9.47. The fraction of sp³-hybridized carbons (Fsp3) is 0.800. The molecule has 5 heteroatoms. The highest BCUT2D eigenvalue weighted by Crippen LogP contribution is 1.92. The molecule has 0 aromatic carbocycles. The Balaban J connectivity index is 2.23. The molecular weight excluding hydrogens is 192 g/mol. The van der Waals surface area contributed by atoms with E-state index in [0.717, 1.165) is 31.9 Å². The predicted octanol–water partition coefficient (Wildman–Crippen LogP) is -0.160. The maximum atomic E-state index is 11.3. The van der Waals surface area contributed by atoms with Crippen LogP contribution < -0.4 is 16.0 Å². The first-order chi connectivity index (χ1) is 7.18. The average Bonchev–Trinajstić information content (AvgIpc) is 2.41. The Morgan fingerprint density at radius 2 is 2.33 bits per heavy atom. The van der Waals surface area contributed by atoms with Crippen LogP contribution in [-0.2, 0) is 4.79 Å². The number of hydrogen-bond donors (Lipinski definition) is 3. The van der Waals surface area contributed by atoms with Crippen LogP contribution in [0.25, 0.3) is 0 Å². The number of carbonyl (C=O) groups excluding carboxylic acids is 1. The standard InChI is InChI=1S/C10H20N4O/c1-8(2)14-9(15)7-13-10-11-5-3-4-6-12-10/h8H,3-7H2,1-2H3,(H,14,15)(H2,11,12,13). The monoisotopic (exact) mass is 212 g/mol. The van der Waals surface area contributed by atoms with Gasteiger partial charge >= 0.3 is 0 Å². The van der Waals surface area contributed by atoms with E-state index in [4.69, 9.17) is 0 Å². The molecule has 0 radical (unpaired) electrons. The first-order valence-electron chi connectivity index (χ1n) is 5.50. The van der Waals surface area contributed by atoms with Gasteiger partial charge in [0.2, 0.25) is 5.91 Å². The van der Waals surface area contributed by atoms with Crippen molar-refractivity contribution in [3.05, 3.63) is 0 Å². The Morgan fingerprint density at radius 1 is 1.53 bits per heavy atom. The minimum absolute atomic E-state index is 0.00116. The van der Waals surface area contributed by atoms with Gasteiger partial charge in [0.1, 0.15) is 0 Å². The van der Waals surface area contributed by atoms with Crippen molar-refractivity contribution in [1.82, 2.24) is 16.0 Å². The van der Waals surface area contributed by atoms with Crippen LogP contribution in [0.1, 0.15) is 26.7 Å². The van der Waals surface area contributed by atoms with Crippen molar-refractivity contribution >= 4 is 11.9 Å². The van der Waals surface area contributed by atoms with Gasteiger partial charge in [-0.2, -0.15) is 0 Å². The molecule has 1 amide bonds. The summed E-state index contributed by atoms with van der Waals surface area (Å²) in [4.78, 5) is 15.6. The summed E-state index contributed by atoms with van der Waals surface area (Å²) in [6.45, 7) is 5.93. The Morgan fingerprint density at radius 3 is 3.07 bits per heavy atom. The summed E-state index contributed by atoms with van der Waals surface area (Å²) in [5.74, 6) is 0.741. The molecule has 0 aromatic heterocycles. The van der Waals surface area contributed by atoms with E-state index >= 15 is 0 Å². The quantitative estimate of drug-likeness (QED) is 0.609. The largest absolute Gasteiger partial charge is 0.356 e. The Bertz CT molecular complexity index is 238. The second-order valence-electron chi connectivity index (χ2n) is 3.94. The van der Waals surface area contributed by atoms with Crippen LogP contribution in [0.5, 0.6) is 0 Å². The van der Waals surface area contributed by atoms with Gasteiger partial charge < -0.3 is 16.0 Å². The van der Waals surface area contributed by atoms with Crippen LogP contribution in [0, 0.1) is 0 Å². The smallest absolute Gasteiger partial charge is 0.239 e.